The van der Waals surface area contributed by atoms with Crippen molar-refractivity contribution >= 4 is 0 Å². The molecular weight excluding hydrogens is 246 g/mol. The standard InChI is InChI=1S/C18H23NO/c1-13-9-10-16(11-14(13)2)18(3,19)12-15-7-5-6-8-17(15)20-4/h5-11H,12,19H2,1-4H3. The van der Waals surface area contributed by atoms with Crippen LogP contribution in [0.2, 0.25) is 0 Å². The first-order valence-electron chi connectivity index (χ1n) is 6.92. The molecule has 0 fully saturated rings. The van der Waals surface area contributed by atoms with Crippen LogP contribution in [0.4, 0.5) is 0 Å². The maximum absolute atomic E-state index is 6.56. The van der Waals surface area contributed by atoms with Crippen LogP contribution in [0, 0.1) is 13.8 Å². The molecule has 1 atom stereocenters. The summed E-state index contributed by atoms with van der Waals surface area (Å²) in [7, 11) is 1.70. The second-order valence-corrected chi connectivity index (χ2v) is 5.71. The zero-order valence-electron chi connectivity index (χ0n) is 12.7. The van der Waals surface area contributed by atoms with E-state index < -0.39 is 5.54 Å². The van der Waals surface area contributed by atoms with Crippen molar-refractivity contribution < 1.29 is 4.74 Å². The molecule has 2 rings (SSSR count). The van der Waals surface area contributed by atoms with Crippen LogP contribution in [0.15, 0.2) is 42.5 Å². The van der Waals surface area contributed by atoms with E-state index in [1.54, 1.807) is 7.11 Å². The number of benzene rings is 2. The number of para-hydroxylation sites is 1. The highest BCUT2D eigenvalue weighted by molar-refractivity contribution is 5.39. The predicted octanol–water partition coefficient (Wildman–Crippen LogP) is 3.73. The second-order valence-electron chi connectivity index (χ2n) is 5.71. The van der Waals surface area contributed by atoms with E-state index in [-0.39, 0.29) is 0 Å². The number of hydrogen-bond acceptors (Lipinski definition) is 2. The van der Waals surface area contributed by atoms with E-state index in [9.17, 15) is 0 Å². The van der Waals surface area contributed by atoms with E-state index in [2.05, 4.69) is 45.0 Å². The smallest absolute Gasteiger partial charge is 0.122 e. The first-order valence-corrected chi connectivity index (χ1v) is 6.92. The summed E-state index contributed by atoms with van der Waals surface area (Å²) in [6.45, 7) is 6.31. The summed E-state index contributed by atoms with van der Waals surface area (Å²) in [6, 6.07) is 14.5. The van der Waals surface area contributed by atoms with Crippen LogP contribution in [0.3, 0.4) is 0 Å². The maximum Gasteiger partial charge on any atom is 0.122 e. The molecule has 2 aromatic carbocycles. The van der Waals surface area contributed by atoms with Gasteiger partial charge in [0, 0.05) is 5.54 Å². The minimum absolute atomic E-state index is 0.410. The molecule has 0 heterocycles. The summed E-state index contributed by atoms with van der Waals surface area (Å²) in [5.74, 6) is 0.896. The first-order chi connectivity index (χ1) is 9.44. The molecule has 0 amide bonds. The van der Waals surface area contributed by atoms with Crippen LogP contribution in [0.25, 0.3) is 0 Å². The molecule has 1 unspecified atom stereocenters. The number of nitrogens with two attached hydrogens (primary N) is 1. The summed E-state index contributed by atoms with van der Waals surface area (Å²) in [5.41, 5.74) is 11.0. The Bertz CT molecular complexity index is 602. The monoisotopic (exact) mass is 269 g/mol. The lowest BCUT2D eigenvalue weighted by atomic mass is 9.85. The van der Waals surface area contributed by atoms with Crippen molar-refractivity contribution in [2.24, 2.45) is 5.73 Å². The molecule has 2 nitrogen and oxygen atoms in total. The van der Waals surface area contributed by atoms with Gasteiger partial charge in [-0.25, -0.2) is 0 Å². The third-order valence-corrected chi connectivity index (χ3v) is 3.92. The minimum atomic E-state index is -0.410. The van der Waals surface area contributed by atoms with Gasteiger partial charge in [0.2, 0.25) is 0 Å². The largest absolute Gasteiger partial charge is 0.496 e. The van der Waals surface area contributed by atoms with Crippen LogP contribution in [0.1, 0.15) is 29.2 Å². The highest BCUT2D eigenvalue weighted by Crippen LogP contribution is 2.28. The Balaban J connectivity index is 2.32. The Morgan fingerprint density at radius 2 is 1.75 bits per heavy atom. The van der Waals surface area contributed by atoms with Gasteiger partial charge < -0.3 is 10.5 Å². The highest BCUT2D eigenvalue weighted by atomic mass is 16.5. The molecule has 0 saturated heterocycles. The molecule has 2 heteroatoms. The molecule has 0 radical (unpaired) electrons. The molecule has 0 aromatic heterocycles. The fraction of sp³-hybridized carbons (Fsp3) is 0.333. The van der Waals surface area contributed by atoms with Gasteiger partial charge in [0.25, 0.3) is 0 Å². The topological polar surface area (TPSA) is 35.2 Å². The van der Waals surface area contributed by atoms with E-state index in [0.29, 0.717) is 0 Å². The number of rotatable bonds is 4. The molecule has 0 spiro atoms. The normalized spacial score (nSPS) is 13.8. The average molecular weight is 269 g/mol. The van der Waals surface area contributed by atoms with Crippen LogP contribution in [-0.4, -0.2) is 7.11 Å². The van der Waals surface area contributed by atoms with E-state index in [1.165, 1.54) is 11.1 Å². The number of methoxy groups -OCH3 is 1. The van der Waals surface area contributed by atoms with Crippen molar-refractivity contribution in [3.8, 4) is 5.75 Å². The molecule has 0 aliphatic carbocycles. The van der Waals surface area contributed by atoms with Crippen molar-refractivity contribution in [3.63, 3.8) is 0 Å². The molecule has 0 aliphatic rings. The zero-order chi connectivity index (χ0) is 14.8. The lowest BCUT2D eigenvalue weighted by molar-refractivity contribution is 0.399. The molecule has 2 aromatic rings. The Morgan fingerprint density at radius 1 is 1.05 bits per heavy atom. The lowest BCUT2D eigenvalue weighted by Crippen LogP contribution is -2.35. The van der Waals surface area contributed by atoms with Crippen LogP contribution < -0.4 is 10.5 Å². The highest BCUT2D eigenvalue weighted by Gasteiger charge is 2.23. The van der Waals surface area contributed by atoms with Gasteiger partial charge in [0.05, 0.1) is 7.11 Å². The quantitative estimate of drug-likeness (QED) is 0.918. The second kappa shape index (κ2) is 5.68. The van der Waals surface area contributed by atoms with Crippen molar-refractivity contribution in [2.75, 3.05) is 7.11 Å². The summed E-state index contributed by atoms with van der Waals surface area (Å²) in [6.07, 6.45) is 0.750. The SMILES string of the molecule is COc1ccccc1CC(C)(N)c1ccc(C)c(C)c1. The number of hydrogen-bond donors (Lipinski definition) is 1. The summed E-state index contributed by atoms with van der Waals surface area (Å²) in [4.78, 5) is 0. The van der Waals surface area contributed by atoms with Gasteiger partial charge >= 0.3 is 0 Å². The zero-order valence-corrected chi connectivity index (χ0v) is 12.7. The molecule has 0 aliphatic heterocycles. The van der Waals surface area contributed by atoms with Gasteiger partial charge in [-0.2, -0.15) is 0 Å². The number of ether oxygens (including phenoxy) is 1. The van der Waals surface area contributed by atoms with Crippen LogP contribution in [0.5, 0.6) is 5.75 Å². The van der Waals surface area contributed by atoms with Crippen molar-refractivity contribution in [1.82, 2.24) is 0 Å². The molecule has 20 heavy (non-hydrogen) atoms. The van der Waals surface area contributed by atoms with E-state index in [4.69, 9.17) is 10.5 Å². The summed E-state index contributed by atoms with van der Waals surface area (Å²) < 4.78 is 5.41. The van der Waals surface area contributed by atoms with Gasteiger partial charge in [-0.05, 0) is 55.5 Å². The van der Waals surface area contributed by atoms with E-state index in [1.807, 2.05) is 18.2 Å². The van der Waals surface area contributed by atoms with Crippen LogP contribution >= 0.6 is 0 Å². The molecule has 106 valence electrons. The Hall–Kier alpha value is -1.80. The maximum atomic E-state index is 6.56. The first kappa shape index (κ1) is 14.6. The fourth-order valence-corrected chi connectivity index (χ4v) is 2.44. The third-order valence-electron chi connectivity index (χ3n) is 3.92. The Morgan fingerprint density at radius 3 is 2.40 bits per heavy atom. The molecular formula is C18H23NO. The van der Waals surface area contributed by atoms with E-state index in [0.717, 1.165) is 23.3 Å². The summed E-state index contributed by atoms with van der Waals surface area (Å²) in [5, 5.41) is 0. The average Bonchev–Trinajstić information content (AvgIpc) is 2.42. The van der Waals surface area contributed by atoms with Crippen LogP contribution in [-0.2, 0) is 12.0 Å². The van der Waals surface area contributed by atoms with E-state index >= 15 is 0 Å². The lowest BCUT2D eigenvalue weighted by Gasteiger charge is -2.27. The molecule has 0 saturated carbocycles. The number of aryl methyl sites for hydroxylation is 2. The van der Waals surface area contributed by atoms with Gasteiger partial charge in [-0.3, -0.25) is 0 Å². The predicted molar refractivity (Wildman–Crippen MR) is 84.2 cm³/mol. The summed E-state index contributed by atoms with van der Waals surface area (Å²) >= 11 is 0. The Kier molecular flexibility index (Phi) is 4.15. The molecule has 2 N–H and O–H groups in total. The van der Waals surface area contributed by atoms with Gasteiger partial charge in [-0.1, -0.05) is 36.4 Å². The van der Waals surface area contributed by atoms with Crippen molar-refractivity contribution in [2.45, 2.75) is 32.7 Å². The van der Waals surface area contributed by atoms with Gasteiger partial charge in [0.1, 0.15) is 5.75 Å². The Labute approximate surface area is 121 Å². The minimum Gasteiger partial charge on any atom is -0.496 e. The molecule has 0 bridgehead atoms. The van der Waals surface area contributed by atoms with Gasteiger partial charge in [0.15, 0.2) is 0 Å². The van der Waals surface area contributed by atoms with Crippen molar-refractivity contribution in [3.05, 3.63) is 64.7 Å². The van der Waals surface area contributed by atoms with Gasteiger partial charge in [-0.15, -0.1) is 0 Å². The third kappa shape index (κ3) is 3.02. The fourth-order valence-electron chi connectivity index (χ4n) is 2.44. The van der Waals surface area contributed by atoms with Crippen molar-refractivity contribution in [1.29, 1.82) is 0 Å².